The number of fused-ring (bicyclic) bond motifs is 3. The zero-order chi connectivity index (χ0) is 29.6. The fraction of sp³-hybridized carbons (Fsp3) is 0.359. The SMILES string of the molecule is C1=Cc2ccccc2C1.C1=Cc2cccnc2C1.C1=Nc2ccccc2C1.C1CCCC1.C1CCCCC1.c1c[nH]cn1. The molecular formula is C39H48N4. The van der Waals surface area contributed by atoms with Crippen molar-refractivity contribution >= 4 is 24.1 Å². The highest BCUT2D eigenvalue weighted by Gasteiger charge is 2.03. The first kappa shape index (κ1) is 31.9. The van der Waals surface area contributed by atoms with Crippen molar-refractivity contribution in [3.63, 3.8) is 0 Å². The van der Waals surface area contributed by atoms with Crippen LogP contribution in [0.2, 0.25) is 0 Å². The molecule has 0 amide bonds. The largest absolute Gasteiger partial charge is 0.351 e. The van der Waals surface area contributed by atoms with E-state index in [1.807, 2.05) is 36.7 Å². The molecule has 9 rings (SSSR count). The fourth-order valence-corrected chi connectivity index (χ4v) is 5.48. The van der Waals surface area contributed by atoms with Gasteiger partial charge in [-0.15, -0.1) is 0 Å². The molecule has 1 aliphatic heterocycles. The Morgan fingerprint density at radius 1 is 0.535 bits per heavy atom. The van der Waals surface area contributed by atoms with E-state index >= 15 is 0 Å². The summed E-state index contributed by atoms with van der Waals surface area (Å²) in [6, 6.07) is 20.8. The highest BCUT2D eigenvalue weighted by molar-refractivity contribution is 5.75. The Kier molecular flexibility index (Phi) is 14.8. The van der Waals surface area contributed by atoms with Crippen LogP contribution in [0, 0.1) is 0 Å². The van der Waals surface area contributed by atoms with Crippen LogP contribution in [0.5, 0.6) is 0 Å². The lowest BCUT2D eigenvalue weighted by Gasteiger charge is -2.05. The van der Waals surface area contributed by atoms with Gasteiger partial charge < -0.3 is 4.98 Å². The van der Waals surface area contributed by atoms with Crippen molar-refractivity contribution in [3.05, 3.63) is 126 Å². The van der Waals surface area contributed by atoms with E-state index in [1.165, 1.54) is 98.6 Å². The van der Waals surface area contributed by atoms with E-state index in [9.17, 15) is 0 Å². The Bertz CT molecular complexity index is 1210. The molecule has 0 unspecified atom stereocenters. The summed E-state index contributed by atoms with van der Waals surface area (Å²) in [6.45, 7) is 0. The van der Waals surface area contributed by atoms with E-state index in [-0.39, 0.29) is 0 Å². The molecule has 5 aliphatic rings. The lowest BCUT2D eigenvalue weighted by molar-refractivity contribution is 0.504. The minimum Gasteiger partial charge on any atom is -0.351 e. The van der Waals surface area contributed by atoms with Crippen molar-refractivity contribution in [1.29, 1.82) is 0 Å². The minimum atomic E-state index is 1.01. The maximum atomic E-state index is 4.20. The number of aromatic nitrogens is 3. The van der Waals surface area contributed by atoms with Gasteiger partial charge in [0.15, 0.2) is 0 Å². The molecular weight excluding hydrogens is 524 g/mol. The van der Waals surface area contributed by atoms with Crippen LogP contribution in [0.3, 0.4) is 0 Å². The van der Waals surface area contributed by atoms with Gasteiger partial charge in [0.05, 0.1) is 17.7 Å². The maximum absolute atomic E-state index is 4.20. The third kappa shape index (κ3) is 12.4. The minimum absolute atomic E-state index is 1.01. The van der Waals surface area contributed by atoms with Crippen LogP contribution < -0.4 is 0 Å². The number of pyridine rings is 1. The number of aliphatic imine (C=N–C) groups is 1. The number of para-hydroxylation sites is 1. The number of nitrogens with one attached hydrogen (secondary N) is 1. The van der Waals surface area contributed by atoms with Crippen LogP contribution >= 0.6 is 0 Å². The van der Waals surface area contributed by atoms with Crippen LogP contribution in [0.15, 0.2) is 103 Å². The van der Waals surface area contributed by atoms with Gasteiger partial charge in [-0.3, -0.25) is 9.98 Å². The zero-order valence-electron chi connectivity index (χ0n) is 25.7. The molecule has 4 aliphatic carbocycles. The number of hydrogen-bond donors (Lipinski definition) is 1. The summed E-state index contributed by atoms with van der Waals surface area (Å²) in [4.78, 5) is 14.8. The number of aromatic amines is 1. The molecule has 0 saturated heterocycles. The molecule has 2 saturated carbocycles. The smallest absolute Gasteiger partial charge is 0.0919 e. The first-order chi connectivity index (χ1) is 21.4. The zero-order valence-corrected chi connectivity index (χ0v) is 25.7. The second-order valence-corrected chi connectivity index (χ2v) is 11.2. The average molecular weight is 573 g/mol. The number of rotatable bonds is 0. The van der Waals surface area contributed by atoms with Gasteiger partial charge in [-0.2, -0.15) is 0 Å². The Morgan fingerprint density at radius 3 is 1.72 bits per heavy atom. The number of imidazole rings is 1. The van der Waals surface area contributed by atoms with Gasteiger partial charge >= 0.3 is 0 Å². The summed E-state index contributed by atoms with van der Waals surface area (Å²) < 4.78 is 0. The van der Waals surface area contributed by atoms with Crippen LogP contribution in [0.4, 0.5) is 5.69 Å². The van der Waals surface area contributed by atoms with Gasteiger partial charge in [-0.1, -0.05) is 143 Å². The van der Waals surface area contributed by atoms with E-state index in [1.54, 1.807) is 18.7 Å². The van der Waals surface area contributed by atoms with Gasteiger partial charge in [0.25, 0.3) is 0 Å². The predicted molar refractivity (Wildman–Crippen MR) is 184 cm³/mol. The monoisotopic (exact) mass is 572 g/mol. The summed E-state index contributed by atoms with van der Waals surface area (Å²) in [5.74, 6) is 0. The molecule has 43 heavy (non-hydrogen) atoms. The first-order valence-electron chi connectivity index (χ1n) is 16.3. The van der Waals surface area contributed by atoms with Gasteiger partial charge in [0.1, 0.15) is 0 Å². The number of allylic oxidation sites excluding steroid dienone is 2. The summed E-state index contributed by atoms with van der Waals surface area (Å²) >= 11 is 0. The van der Waals surface area contributed by atoms with Gasteiger partial charge in [0.2, 0.25) is 0 Å². The molecule has 0 bridgehead atoms. The van der Waals surface area contributed by atoms with Crippen molar-refractivity contribution in [1.82, 2.24) is 15.0 Å². The molecule has 2 fully saturated rings. The Hall–Kier alpha value is -4.05. The van der Waals surface area contributed by atoms with Crippen molar-refractivity contribution < 1.29 is 0 Å². The van der Waals surface area contributed by atoms with Gasteiger partial charge in [-0.05, 0) is 40.8 Å². The molecule has 2 aromatic heterocycles. The summed E-state index contributed by atoms with van der Waals surface area (Å²) in [6.07, 6.45) is 37.1. The first-order valence-corrected chi connectivity index (χ1v) is 16.3. The van der Waals surface area contributed by atoms with Gasteiger partial charge in [0, 0.05) is 37.6 Å². The number of nitrogens with zero attached hydrogens (tertiary/aromatic N) is 3. The molecule has 4 nitrogen and oxygen atoms in total. The molecule has 1 N–H and O–H groups in total. The maximum Gasteiger partial charge on any atom is 0.0919 e. The standard InChI is InChI=1S/C9H8.2C8H7N.C6H12.C5H10.C3H4N2/c1-2-5-9-7-3-6-8(9)4-1;1-3-7-4-2-6-9-8(7)5-1;1-2-4-8-7(3-1)5-6-9-8;1-2-4-6-5-3-1;1-2-4-5-3-1;1-2-5-3-4-1/h1-6H,7H2;2*1-4,6H,5H2;1-6H2;1-5H2;1-3H,(H,4,5). The third-order valence-electron chi connectivity index (χ3n) is 7.91. The predicted octanol–water partition coefficient (Wildman–Crippen LogP) is 10.6. The molecule has 4 aromatic rings. The van der Waals surface area contributed by atoms with Crippen LogP contribution in [0.1, 0.15) is 98.6 Å². The van der Waals surface area contributed by atoms with Crippen molar-refractivity contribution in [2.45, 2.75) is 89.9 Å². The molecule has 3 heterocycles. The molecule has 0 radical (unpaired) electrons. The van der Waals surface area contributed by atoms with E-state index in [0.717, 1.165) is 24.9 Å². The quantitative estimate of drug-likeness (QED) is 0.228. The number of hydrogen-bond acceptors (Lipinski definition) is 3. The van der Waals surface area contributed by atoms with Crippen LogP contribution in [-0.4, -0.2) is 21.2 Å². The molecule has 2 aromatic carbocycles. The molecule has 0 atom stereocenters. The summed E-state index contributed by atoms with van der Waals surface area (Å²) in [5.41, 5.74) is 7.81. The second kappa shape index (κ2) is 20.0. The molecule has 0 spiro atoms. The fourth-order valence-electron chi connectivity index (χ4n) is 5.48. The Morgan fingerprint density at radius 2 is 1.14 bits per heavy atom. The number of benzene rings is 2. The van der Waals surface area contributed by atoms with E-state index in [4.69, 9.17) is 0 Å². The van der Waals surface area contributed by atoms with Crippen LogP contribution in [-0.2, 0) is 19.3 Å². The van der Waals surface area contributed by atoms with E-state index < -0.39 is 0 Å². The molecule has 224 valence electrons. The average Bonchev–Trinajstić information content (AvgIpc) is 3.92. The normalized spacial score (nSPS) is 15.7. The second-order valence-electron chi connectivity index (χ2n) is 11.2. The van der Waals surface area contributed by atoms with E-state index in [2.05, 4.69) is 80.6 Å². The summed E-state index contributed by atoms with van der Waals surface area (Å²) in [7, 11) is 0. The Balaban J connectivity index is 0.000000120. The highest BCUT2D eigenvalue weighted by atomic mass is 14.8. The third-order valence-corrected chi connectivity index (χ3v) is 7.91. The number of H-pyrrole nitrogens is 1. The van der Waals surface area contributed by atoms with Crippen molar-refractivity contribution in [2.75, 3.05) is 0 Å². The van der Waals surface area contributed by atoms with Gasteiger partial charge in [-0.25, -0.2) is 4.98 Å². The lowest BCUT2D eigenvalue weighted by atomic mass is 10.0. The Labute approximate surface area is 259 Å². The summed E-state index contributed by atoms with van der Waals surface area (Å²) in [5, 5.41) is 0. The van der Waals surface area contributed by atoms with Crippen molar-refractivity contribution in [3.8, 4) is 0 Å². The topological polar surface area (TPSA) is 53.9 Å². The van der Waals surface area contributed by atoms with Crippen LogP contribution in [0.25, 0.3) is 12.2 Å². The van der Waals surface area contributed by atoms with E-state index in [0.29, 0.717) is 0 Å². The van der Waals surface area contributed by atoms with Crippen molar-refractivity contribution in [2.24, 2.45) is 4.99 Å². The molecule has 4 heteroatoms. The lowest BCUT2D eigenvalue weighted by Crippen LogP contribution is -1.85. The highest BCUT2D eigenvalue weighted by Crippen LogP contribution is 2.22.